The van der Waals surface area contributed by atoms with Crippen molar-refractivity contribution in [2.45, 2.75) is 26.8 Å². The number of nitrogens with zero attached hydrogens (tertiary/aromatic N) is 2. The molecule has 0 aliphatic carbocycles. The maximum atomic E-state index is 12.9. The first-order chi connectivity index (χ1) is 8.72. The number of aromatic nitrogens is 1. The minimum Gasteiger partial charge on any atom is -0.366 e. The van der Waals surface area contributed by atoms with E-state index in [9.17, 15) is 4.39 Å². The quantitative estimate of drug-likeness (QED) is 0.815. The van der Waals surface area contributed by atoms with Crippen molar-refractivity contribution >= 4 is 17.0 Å². The molecule has 0 spiro atoms. The minimum absolute atomic E-state index is 0.197. The Balaban J connectivity index is 2.11. The van der Waals surface area contributed by atoms with Crippen molar-refractivity contribution in [3.63, 3.8) is 0 Å². The van der Waals surface area contributed by atoms with Gasteiger partial charge in [-0.1, -0.05) is 6.92 Å². The van der Waals surface area contributed by atoms with E-state index in [2.05, 4.69) is 29.1 Å². The monoisotopic (exact) mass is 264 g/mol. The summed E-state index contributed by atoms with van der Waals surface area (Å²) in [5.41, 5.74) is 2.12. The van der Waals surface area contributed by atoms with Crippen molar-refractivity contribution in [3.05, 3.63) is 46.2 Å². The third-order valence-electron chi connectivity index (χ3n) is 2.83. The first-order valence-corrected chi connectivity index (χ1v) is 7.04. The van der Waals surface area contributed by atoms with Crippen molar-refractivity contribution in [2.75, 3.05) is 11.4 Å². The highest BCUT2D eigenvalue weighted by Gasteiger charge is 2.08. The summed E-state index contributed by atoms with van der Waals surface area (Å²) in [5.74, 6) is -0.197. The summed E-state index contributed by atoms with van der Waals surface area (Å²) in [7, 11) is 0. The highest BCUT2D eigenvalue weighted by Crippen LogP contribution is 2.19. The fourth-order valence-electron chi connectivity index (χ4n) is 1.82. The van der Waals surface area contributed by atoms with Gasteiger partial charge in [-0.3, -0.25) is 0 Å². The van der Waals surface area contributed by atoms with Gasteiger partial charge in [0.05, 0.1) is 17.2 Å². The van der Waals surface area contributed by atoms with Gasteiger partial charge < -0.3 is 4.90 Å². The van der Waals surface area contributed by atoms with Crippen LogP contribution in [0.2, 0.25) is 0 Å². The molecule has 96 valence electrons. The first-order valence-electron chi connectivity index (χ1n) is 6.16. The van der Waals surface area contributed by atoms with E-state index < -0.39 is 0 Å². The molecule has 0 atom stereocenters. The summed E-state index contributed by atoms with van der Waals surface area (Å²) >= 11 is 1.70. The molecule has 0 N–H and O–H groups in total. The van der Waals surface area contributed by atoms with E-state index in [-0.39, 0.29) is 5.82 Å². The zero-order valence-electron chi connectivity index (χ0n) is 10.7. The van der Waals surface area contributed by atoms with Crippen LogP contribution in [0.4, 0.5) is 10.1 Å². The zero-order valence-corrected chi connectivity index (χ0v) is 11.5. The lowest BCUT2D eigenvalue weighted by Gasteiger charge is -2.22. The Morgan fingerprint density at radius 3 is 2.50 bits per heavy atom. The van der Waals surface area contributed by atoms with Gasteiger partial charge in [0, 0.05) is 17.6 Å². The number of anilines is 1. The number of rotatable bonds is 5. The second-order valence-corrected chi connectivity index (χ2v) is 5.02. The van der Waals surface area contributed by atoms with E-state index in [1.165, 1.54) is 17.1 Å². The molecular formula is C14H17FN2S. The van der Waals surface area contributed by atoms with Crippen molar-refractivity contribution in [3.8, 4) is 0 Å². The van der Waals surface area contributed by atoms with E-state index in [1.54, 1.807) is 11.3 Å². The molecule has 0 amide bonds. The van der Waals surface area contributed by atoms with Crippen molar-refractivity contribution in [1.29, 1.82) is 0 Å². The number of aryl methyl sites for hydroxylation is 1. The van der Waals surface area contributed by atoms with Gasteiger partial charge in [0.1, 0.15) is 5.82 Å². The van der Waals surface area contributed by atoms with E-state index in [0.717, 1.165) is 30.9 Å². The van der Waals surface area contributed by atoms with E-state index in [0.29, 0.717) is 0 Å². The Kier molecular flexibility index (Phi) is 4.31. The highest BCUT2D eigenvalue weighted by atomic mass is 32.1. The predicted octanol–water partition coefficient (Wildman–Crippen LogP) is 3.87. The van der Waals surface area contributed by atoms with Gasteiger partial charge in [-0.25, -0.2) is 9.37 Å². The number of hydrogen-bond acceptors (Lipinski definition) is 3. The average molecular weight is 264 g/mol. The summed E-state index contributed by atoms with van der Waals surface area (Å²) in [6, 6.07) is 6.62. The van der Waals surface area contributed by atoms with E-state index >= 15 is 0 Å². The van der Waals surface area contributed by atoms with Crippen LogP contribution in [-0.2, 0) is 13.0 Å². The van der Waals surface area contributed by atoms with E-state index in [4.69, 9.17) is 0 Å². The molecule has 2 aromatic rings. The van der Waals surface area contributed by atoms with Crippen molar-refractivity contribution < 1.29 is 4.39 Å². The lowest BCUT2D eigenvalue weighted by molar-refractivity contribution is 0.627. The molecule has 2 nitrogen and oxygen atoms in total. The molecule has 1 aromatic heterocycles. The van der Waals surface area contributed by atoms with Gasteiger partial charge in [0.2, 0.25) is 0 Å². The largest absolute Gasteiger partial charge is 0.366 e. The van der Waals surface area contributed by atoms with Crippen molar-refractivity contribution in [2.24, 2.45) is 0 Å². The summed E-state index contributed by atoms with van der Waals surface area (Å²) < 4.78 is 12.9. The molecule has 4 heteroatoms. The number of hydrogen-bond donors (Lipinski definition) is 0. The Morgan fingerprint density at radius 1 is 1.22 bits per heavy atom. The summed E-state index contributed by atoms with van der Waals surface area (Å²) in [6.45, 7) is 5.86. The maximum absolute atomic E-state index is 12.9. The maximum Gasteiger partial charge on any atom is 0.123 e. The standard InChI is InChI=1S/C14H17FN2S/c1-3-14-16-12(10-18-14)9-17(4-2)13-7-5-11(15)6-8-13/h5-8,10H,3-4,9H2,1-2H3. The second-order valence-electron chi connectivity index (χ2n) is 4.08. The summed E-state index contributed by atoms with van der Waals surface area (Å²) in [6.07, 6.45) is 0.980. The molecule has 18 heavy (non-hydrogen) atoms. The third-order valence-corrected chi connectivity index (χ3v) is 3.87. The lowest BCUT2D eigenvalue weighted by atomic mass is 10.2. The summed E-state index contributed by atoms with van der Waals surface area (Å²) in [4.78, 5) is 6.75. The molecule has 0 saturated carbocycles. The van der Waals surface area contributed by atoms with Crippen LogP contribution in [0.3, 0.4) is 0 Å². The molecule has 2 rings (SSSR count). The Morgan fingerprint density at radius 2 is 1.94 bits per heavy atom. The van der Waals surface area contributed by atoms with Gasteiger partial charge in [-0.05, 0) is 37.6 Å². The normalized spacial score (nSPS) is 10.6. The van der Waals surface area contributed by atoms with Crippen LogP contribution in [-0.4, -0.2) is 11.5 Å². The number of halogens is 1. The van der Waals surface area contributed by atoms with Gasteiger partial charge in [0.15, 0.2) is 0 Å². The molecule has 0 saturated heterocycles. The molecular weight excluding hydrogens is 247 g/mol. The lowest BCUT2D eigenvalue weighted by Crippen LogP contribution is -2.22. The van der Waals surface area contributed by atoms with Gasteiger partial charge in [0.25, 0.3) is 0 Å². The smallest absolute Gasteiger partial charge is 0.123 e. The fourth-order valence-corrected chi connectivity index (χ4v) is 2.55. The second kappa shape index (κ2) is 5.96. The molecule has 0 aliphatic heterocycles. The Bertz CT molecular complexity index is 493. The third kappa shape index (κ3) is 3.07. The van der Waals surface area contributed by atoms with Crippen LogP contribution in [0, 0.1) is 5.82 Å². The molecule has 0 fully saturated rings. The molecule has 0 aliphatic rings. The number of benzene rings is 1. The van der Waals surface area contributed by atoms with Crippen LogP contribution >= 0.6 is 11.3 Å². The number of thiazole rings is 1. The average Bonchev–Trinajstić information content (AvgIpc) is 2.85. The Hall–Kier alpha value is -1.42. The topological polar surface area (TPSA) is 16.1 Å². The first kappa shape index (κ1) is 13.0. The van der Waals surface area contributed by atoms with E-state index in [1.807, 2.05) is 12.1 Å². The SMILES string of the molecule is CCc1nc(CN(CC)c2ccc(F)cc2)cs1. The van der Waals surface area contributed by atoms with Crippen LogP contribution < -0.4 is 4.90 Å². The molecule has 0 unspecified atom stereocenters. The van der Waals surface area contributed by atoms with Crippen LogP contribution in [0.15, 0.2) is 29.6 Å². The summed E-state index contributed by atoms with van der Waals surface area (Å²) in [5, 5.41) is 3.27. The molecule has 1 aromatic carbocycles. The van der Waals surface area contributed by atoms with Crippen molar-refractivity contribution in [1.82, 2.24) is 4.98 Å². The van der Waals surface area contributed by atoms with Crippen LogP contribution in [0.5, 0.6) is 0 Å². The fraction of sp³-hybridized carbons (Fsp3) is 0.357. The predicted molar refractivity (Wildman–Crippen MR) is 74.6 cm³/mol. The highest BCUT2D eigenvalue weighted by molar-refractivity contribution is 7.09. The zero-order chi connectivity index (χ0) is 13.0. The van der Waals surface area contributed by atoms with Crippen LogP contribution in [0.1, 0.15) is 24.5 Å². The Labute approximate surface area is 111 Å². The van der Waals surface area contributed by atoms with Crippen LogP contribution in [0.25, 0.3) is 0 Å². The van der Waals surface area contributed by atoms with Gasteiger partial charge >= 0.3 is 0 Å². The van der Waals surface area contributed by atoms with Gasteiger partial charge in [-0.2, -0.15) is 0 Å². The minimum atomic E-state index is -0.197. The van der Waals surface area contributed by atoms with Gasteiger partial charge in [-0.15, -0.1) is 11.3 Å². The molecule has 0 radical (unpaired) electrons. The molecule has 1 heterocycles. The molecule has 0 bridgehead atoms.